The molecular weight excluding hydrogens is 342 g/mol. The summed E-state index contributed by atoms with van der Waals surface area (Å²) in [6.45, 7) is 3.17. The fraction of sp³-hybridized carbons (Fsp3) is 0.364. The smallest absolute Gasteiger partial charge is 0.316 e. The van der Waals surface area contributed by atoms with Crippen molar-refractivity contribution in [2.24, 2.45) is 5.92 Å². The first kappa shape index (κ1) is 17.6. The van der Waals surface area contributed by atoms with Crippen molar-refractivity contribution in [1.82, 2.24) is 4.90 Å². The van der Waals surface area contributed by atoms with Crippen LogP contribution in [0.3, 0.4) is 0 Å². The molecule has 0 bridgehead atoms. The first-order valence-corrected chi connectivity index (χ1v) is 9.56. The van der Waals surface area contributed by atoms with E-state index < -0.39 is 0 Å². The van der Waals surface area contributed by atoms with E-state index in [0.29, 0.717) is 18.7 Å². The molecule has 2 heterocycles. The Balaban J connectivity index is 1.50. The Hall–Kier alpha value is -2.82. The lowest BCUT2D eigenvalue weighted by Crippen LogP contribution is -2.43. The zero-order chi connectivity index (χ0) is 18.8. The Morgan fingerprint density at radius 2 is 1.96 bits per heavy atom. The first-order valence-electron chi connectivity index (χ1n) is 9.56. The minimum Gasteiger partial charge on any atom is -0.456 e. The van der Waals surface area contributed by atoms with E-state index >= 15 is 0 Å². The third kappa shape index (κ3) is 3.54. The van der Waals surface area contributed by atoms with E-state index in [2.05, 4.69) is 0 Å². The summed E-state index contributed by atoms with van der Waals surface area (Å²) >= 11 is 0. The van der Waals surface area contributed by atoms with Crippen LogP contribution in [0.25, 0.3) is 21.9 Å². The third-order valence-electron chi connectivity index (χ3n) is 5.14. The summed E-state index contributed by atoms with van der Waals surface area (Å²) in [4.78, 5) is 26.6. The van der Waals surface area contributed by atoms with E-state index in [1.54, 1.807) is 11.0 Å². The van der Waals surface area contributed by atoms with Crippen LogP contribution in [0.1, 0.15) is 32.6 Å². The van der Waals surface area contributed by atoms with Crippen LogP contribution in [0.15, 0.2) is 46.9 Å². The number of likely N-dealkylation sites (tertiary alicyclic amines) is 1. The van der Waals surface area contributed by atoms with Gasteiger partial charge in [0.25, 0.3) is 0 Å². The van der Waals surface area contributed by atoms with E-state index in [-0.39, 0.29) is 17.8 Å². The minimum absolute atomic E-state index is 0.126. The number of hydrogen-bond donors (Lipinski definition) is 0. The number of para-hydroxylation sites is 1. The van der Waals surface area contributed by atoms with Crippen LogP contribution in [-0.4, -0.2) is 29.9 Å². The second kappa shape index (κ2) is 7.43. The van der Waals surface area contributed by atoms with Gasteiger partial charge in [0.2, 0.25) is 5.91 Å². The highest BCUT2D eigenvalue weighted by atomic mass is 16.5. The van der Waals surface area contributed by atoms with Crippen molar-refractivity contribution in [2.45, 2.75) is 32.6 Å². The molecular formula is C22H23NO4. The highest BCUT2D eigenvalue weighted by Crippen LogP contribution is 2.31. The molecule has 0 radical (unpaired) electrons. The van der Waals surface area contributed by atoms with Gasteiger partial charge in [0, 0.05) is 30.3 Å². The molecule has 1 atom stereocenters. The van der Waals surface area contributed by atoms with Crippen molar-refractivity contribution in [3.05, 3.63) is 42.5 Å². The Labute approximate surface area is 157 Å². The van der Waals surface area contributed by atoms with Crippen LogP contribution in [0.4, 0.5) is 0 Å². The molecule has 1 amide bonds. The van der Waals surface area contributed by atoms with Crippen molar-refractivity contribution in [3.8, 4) is 5.75 Å². The molecule has 140 valence electrons. The van der Waals surface area contributed by atoms with Crippen LogP contribution in [0.5, 0.6) is 5.75 Å². The summed E-state index contributed by atoms with van der Waals surface area (Å²) in [5.41, 5.74) is 1.58. The Bertz CT molecular complexity index is 990. The van der Waals surface area contributed by atoms with Crippen molar-refractivity contribution in [2.75, 3.05) is 13.1 Å². The molecule has 5 heteroatoms. The maximum absolute atomic E-state index is 12.6. The number of hydrogen-bond acceptors (Lipinski definition) is 4. The number of esters is 1. The molecule has 1 aromatic heterocycles. The van der Waals surface area contributed by atoms with Crippen molar-refractivity contribution < 1.29 is 18.7 Å². The van der Waals surface area contributed by atoms with Crippen LogP contribution in [0.2, 0.25) is 0 Å². The fourth-order valence-corrected chi connectivity index (χ4v) is 3.74. The summed E-state index contributed by atoms with van der Waals surface area (Å²) in [7, 11) is 0. The summed E-state index contributed by atoms with van der Waals surface area (Å²) in [6, 6.07) is 13.2. The molecule has 5 nitrogen and oxygen atoms in total. The predicted octanol–water partition coefficient (Wildman–Crippen LogP) is 4.53. The normalized spacial score (nSPS) is 17.4. The van der Waals surface area contributed by atoms with Crippen molar-refractivity contribution in [3.63, 3.8) is 0 Å². The SMILES string of the molecule is CCCC(=O)N1CCCC(C(=O)Oc2ccc3oc4ccccc4c3c2)C1. The highest BCUT2D eigenvalue weighted by molar-refractivity contribution is 6.05. The maximum atomic E-state index is 12.6. The summed E-state index contributed by atoms with van der Waals surface area (Å²) in [5.74, 6) is 0.102. The summed E-state index contributed by atoms with van der Waals surface area (Å²) in [6.07, 6.45) is 2.95. The van der Waals surface area contributed by atoms with Gasteiger partial charge in [0.15, 0.2) is 0 Å². The van der Waals surface area contributed by atoms with E-state index in [1.807, 2.05) is 43.3 Å². The van der Waals surface area contributed by atoms with Gasteiger partial charge in [-0.05, 0) is 43.5 Å². The van der Waals surface area contributed by atoms with E-state index in [4.69, 9.17) is 9.15 Å². The molecule has 0 aliphatic carbocycles. The zero-order valence-corrected chi connectivity index (χ0v) is 15.4. The van der Waals surface area contributed by atoms with Gasteiger partial charge < -0.3 is 14.1 Å². The van der Waals surface area contributed by atoms with Gasteiger partial charge in [-0.3, -0.25) is 9.59 Å². The lowest BCUT2D eigenvalue weighted by molar-refractivity contribution is -0.143. The highest BCUT2D eigenvalue weighted by Gasteiger charge is 2.29. The Morgan fingerprint density at radius 1 is 1.15 bits per heavy atom. The predicted molar refractivity (Wildman–Crippen MR) is 104 cm³/mol. The number of benzene rings is 2. The number of furan rings is 1. The molecule has 1 unspecified atom stereocenters. The summed E-state index contributed by atoms with van der Waals surface area (Å²) < 4.78 is 11.5. The van der Waals surface area contributed by atoms with Gasteiger partial charge in [-0.15, -0.1) is 0 Å². The first-order chi connectivity index (χ1) is 13.2. The standard InChI is InChI=1S/C22H23NO4/c1-2-6-21(24)23-12-5-7-15(14-23)22(25)26-16-10-11-20-18(13-16)17-8-3-4-9-19(17)27-20/h3-4,8-11,13,15H,2,5-7,12,14H2,1H3. The molecule has 0 spiro atoms. The molecule has 1 aliphatic heterocycles. The van der Waals surface area contributed by atoms with Gasteiger partial charge in [0.05, 0.1) is 5.92 Å². The number of amides is 1. The molecule has 0 saturated carbocycles. The third-order valence-corrected chi connectivity index (χ3v) is 5.14. The number of rotatable bonds is 4. The van der Waals surface area contributed by atoms with Gasteiger partial charge in [-0.25, -0.2) is 0 Å². The zero-order valence-electron chi connectivity index (χ0n) is 15.4. The number of carbonyl (C=O) groups is 2. The second-order valence-electron chi connectivity index (χ2n) is 7.11. The lowest BCUT2D eigenvalue weighted by Gasteiger charge is -2.31. The largest absolute Gasteiger partial charge is 0.456 e. The lowest BCUT2D eigenvalue weighted by atomic mass is 9.98. The number of nitrogens with zero attached hydrogens (tertiary/aromatic N) is 1. The van der Waals surface area contributed by atoms with Crippen molar-refractivity contribution >= 4 is 33.8 Å². The molecule has 4 rings (SSSR count). The van der Waals surface area contributed by atoms with Crippen LogP contribution < -0.4 is 4.74 Å². The number of ether oxygens (including phenoxy) is 1. The van der Waals surface area contributed by atoms with Crippen LogP contribution in [0, 0.1) is 5.92 Å². The average molecular weight is 365 g/mol. The summed E-state index contributed by atoms with van der Waals surface area (Å²) in [5, 5.41) is 1.93. The van der Waals surface area contributed by atoms with Gasteiger partial charge in [0.1, 0.15) is 16.9 Å². The molecule has 1 fully saturated rings. The molecule has 2 aromatic carbocycles. The van der Waals surface area contributed by atoms with E-state index in [9.17, 15) is 9.59 Å². The second-order valence-corrected chi connectivity index (χ2v) is 7.11. The van der Waals surface area contributed by atoms with Crippen LogP contribution in [-0.2, 0) is 9.59 Å². The van der Waals surface area contributed by atoms with E-state index in [0.717, 1.165) is 47.7 Å². The minimum atomic E-state index is -0.267. The number of carbonyl (C=O) groups excluding carboxylic acids is 2. The fourth-order valence-electron chi connectivity index (χ4n) is 3.74. The average Bonchev–Trinajstić information content (AvgIpc) is 3.06. The van der Waals surface area contributed by atoms with Crippen LogP contribution >= 0.6 is 0 Å². The monoisotopic (exact) mass is 365 g/mol. The van der Waals surface area contributed by atoms with E-state index in [1.165, 1.54) is 0 Å². The quantitative estimate of drug-likeness (QED) is 0.503. The maximum Gasteiger partial charge on any atom is 0.316 e. The molecule has 1 saturated heterocycles. The molecule has 27 heavy (non-hydrogen) atoms. The Kier molecular flexibility index (Phi) is 4.84. The number of piperidine rings is 1. The van der Waals surface area contributed by atoms with Gasteiger partial charge >= 0.3 is 5.97 Å². The Morgan fingerprint density at radius 3 is 2.81 bits per heavy atom. The van der Waals surface area contributed by atoms with Gasteiger partial charge in [-0.2, -0.15) is 0 Å². The molecule has 0 N–H and O–H groups in total. The topological polar surface area (TPSA) is 59.8 Å². The molecule has 3 aromatic rings. The van der Waals surface area contributed by atoms with Gasteiger partial charge in [-0.1, -0.05) is 25.1 Å². The molecule has 1 aliphatic rings. The number of fused-ring (bicyclic) bond motifs is 3. The van der Waals surface area contributed by atoms with Crippen molar-refractivity contribution in [1.29, 1.82) is 0 Å².